The van der Waals surface area contributed by atoms with Crippen LogP contribution >= 0.6 is 0 Å². The molecule has 0 aromatic carbocycles. The van der Waals surface area contributed by atoms with Gasteiger partial charge >= 0.3 is 5.97 Å². The monoisotopic (exact) mass is 1200 g/mol. The van der Waals surface area contributed by atoms with Crippen LogP contribution in [0.15, 0.2) is 60.8 Å². The number of nitrogens with one attached hydrogen (secondary N) is 1. The van der Waals surface area contributed by atoms with Gasteiger partial charge < -0.3 is 45.1 Å². The van der Waals surface area contributed by atoms with Gasteiger partial charge in [-0.2, -0.15) is 0 Å². The summed E-state index contributed by atoms with van der Waals surface area (Å²) in [6, 6.07) is -0.835. The maximum absolute atomic E-state index is 13.0. The number of carbonyl (C=O) groups is 2. The van der Waals surface area contributed by atoms with Gasteiger partial charge in [0.25, 0.3) is 0 Å². The number of unbranched alkanes of at least 4 members (excludes halogenated alkanes) is 42. The molecule has 1 heterocycles. The van der Waals surface area contributed by atoms with E-state index in [0.29, 0.717) is 19.4 Å². The molecule has 0 radical (unpaired) electrons. The highest BCUT2D eigenvalue weighted by Crippen LogP contribution is 2.23. The Morgan fingerprint density at radius 1 is 0.459 bits per heavy atom. The molecule has 1 aliphatic rings. The highest BCUT2D eigenvalue weighted by molar-refractivity contribution is 5.76. The fourth-order valence-corrected chi connectivity index (χ4v) is 11.3. The van der Waals surface area contributed by atoms with Gasteiger partial charge in [-0.15, -0.1) is 0 Å². The summed E-state index contributed by atoms with van der Waals surface area (Å²) in [5, 5.41) is 54.2. The zero-order valence-electron chi connectivity index (χ0n) is 55.1. The van der Waals surface area contributed by atoms with Gasteiger partial charge in [-0.05, 0) is 84.0 Å². The average molecular weight is 1200 g/mol. The summed E-state index contributed by atoms with van der Waals surface area (Å²) in [5.41, 5.74) is 0. The van der Waals surface area contributed by atoms with Crippen LogP contribution < -0.4 is 5.32 Å². The third-order valence-electron chi connectivity index (χ3n) is 16.9. The zero-order chi connectivity index (χ0) is 61.6. The van der Waals surface area contributed by atoms with E-state index in [4.69, 9.17) is 14.2 Å². The SMILES string of the molecule is C/C=C/CC/C=C/CC/C=C/C(O)C(COC1OC(CO)C(O)C(O)C1O)NC(=O)CCCCCCCCCCCCCCC/C=C\C/C=C\CCCCCCCCCCCOC(=O)CCCCCCCCCCCCCCCCCCCCC. The van der Waals surface area contributed by atoms with E-state index in [-0.39, 0.29) is 18.5 Å². The second kappa shape index (κ2) is 62.9. The second-order valence-electron chi connectivity index (χ2n) is 24.9. The molecule has 1 saturated heterocycles. The summed E-state index contributed by atoms with van der Waals surface area (Å²) in [5.74, 6) is -0.193. The Bertz CT molecular complexity index is 1600. The van der Waals surface area contributed by atoms with Crippen molar-refractivity contribution >= 4 is 11.9 Å². The largest absolute Gasteiger partial charge is 0.466 e. The van der Waals surface area contributed by atoms with E-state index in [1.165, 1.54) is 238 Å². The maximum Gasteiger partial charge on any atom is 0.305 e. The molecule has 0 aliphatic carbocycles. The van der Waals surface area contributed by atoms with Crippen molar-refractivity contribution in [1.29, 1.82) is 0 Å². The summed E-state index contributed by atoms with van der Waals surface area (Å²) in [6.07, 6.45) is 74.0. The van der Waals surface area contributed by atoms with E-state index in [2.05, 4.69) is 54.8 Å². The highest BCUT2D eigenvalue weighted by Gasteiger charge is 2.44. The van der Waals surface area contributed by atoms with Crippen LogP contribution in [-0.2, 0) is 23.8 Å². The molecular formula is C74H135NO10. The number of ether oxygens (including phenoxy) is 3. The van der Waals surface area contributed by atoms with Crippen LogP contribution in [0.2, 0.25) is 0 Å². The first-order valence-corrected chi connectivity index (χ1v) is 36.0. The zero-order valence-corrected chi connectivity index (χ0v) is 55.1. The Balaban J connectivity index is 1.91. The quantitative estimate of drug-likeness (QED) is 0.0195. The number of aliphatic hydroxyl groups is 5. The molecule has 7 atom stereocenters. The fraction of sp³-hybridized carbons (Fsp3) is 0.838. The predicted octanol–water partition coefficient (Wildman–Crippen LogP) is 18.5. The molecule has 1 rings (SSSR count). The lowest BCUT2D eigenvalue weighted by Gasteiger charge is -2.40. The predicted molar refractivity (Wildman–Crippen MR) is 357 cm³/mol. The number of hydrogen-bond acceptors (Lipinski definition) is 10. The van der Waals surface area contributed by atoms with Gasteiger partial charge in [-0.25, -0.2) is 0 Å². The standard InChI is InChI=1S/C74H135NO10/c1-3-5-7-9-11-13-14-15-16-17-29-33-36-39-42-46-50-54-58-62-70(79)83-63-59-55-51-47-43-40-37-34-31-28-26-24-22-20-18-19-21-23-25-27-30-32-35-38-41-45-49-53-57-61-69(78)75-66(67(77)60-56-52-48-44-12-10-8-6-4-2)65-84-74-73(82)72(81)71(80)68(64-76)85-74/h4,6,12,18,20,24,26,44,56,60,66-68,71-74,76-77,80-82H,3,5,7-11,13-17,19,21-23,25,27-43,45-55,57-59,61-65H2,1-2H3,(H,75,78)/b6-4+,20-18-,26-24-,44-12+,60-56+. The van der Waals surface area contributed by atoms with E-state index in [1.807, 2.05) is 19.1 Å². The Morgan fingerprint density at radius 2 is 0.847 bits per heavy atom. The van der Waals surface area contributed by atoms with Crippen LogP contribution in [0.1, 0.15) is 335 Å². The van der Waals surface area contributed by atoms with Gasteiger partial charge in [0.05, 0.1) is 32.0 Å². The number of esters is 1. The minimum absolute atomic E-state index is 0.00751. The lowest BCUT2D eigenvalue weighted by Crippen LogP contribution is -2.60. The van der Waals surface area contributed by atoms with Gasteiger partial charge in [0.2, 0.25) is 5.91 Å². The number of rotatable bonds is 63. The molecule has 11 nitrogen and oxygen atoms in total. The first-order chi connectivity index (χ1) is 41.7. The summed E-state index contributed by atoms with van der Waals surface area (Å²) in [4.78, 5) is 25.1. The number of allylic oxidation sites excluding steroid dienone is 9. The molecule has 85 heavy (non-hydrogen) atoms. The fourth-order valence-electron chi connectivity index (χ4n) is 11.3. The normalized spacial score (nSPS) is 18.3. The van der Waals surface area contributed by atoms with Crippen molar-refractivity contribution in [2.75, 3.05) is 19.8 Å². The summed E-state index contributed by atoms with van der Waals surface area (Å²) >= 11 is 0. The third kappa shape index (κ3) is 51.9. The number of amides is 1. The molecule has 0 aromatic heterocycles. The molecule has 11 heteroatoms. The maximum atomic E-state index is 13.0. The summed E-state index contributed by atoms with van der Waals surface area (Å²) in [6.45, 7) is 4.11. The van der Waals surface area contributed by atoms with Gasteiger partial charge in [0.15, 0.2) is 6.29 Å². The van der Waals surface area contributed by atoms with Crippen LogP contribution in [0.3, 0.4) is 0 Å². The van der Waals surface area contributed by atoms with Crippen LogP contribution in [0.25, 0.3) is 0 Å². The Labute approximate surface area is 522 Å². The van der Waals surface area contributed by atoms with Crippen molar-refractivity contribution in [3.05, 3.63) is 60.8 Å². The van der Waals surface area contributed by atoms with Crippen molar-refractivity contribution in [2.45, 2.75) is 378 Å². The lowest BCUT2D eigenvalue weighted by molar-refractivity contribution is -0.302. The van der Waals surface area contributed by atoms with Crippen molar-refractivity contribution < 1.29 is 49.3 Å². The van der Waals surface area contributed by atoms with Crippen LogP contribution in [0, 0.1) is 0 Å². The average Bonchev–Trinajstić information content (AvgIpc) is 3.66. The number of carbonyl (C=O) groups excluding carboxylic acids is 2. The second-order valence-corrected chi connectivity index (χ2v) is 24.9. The molecule has 0 aromatic rings. The first kappa shape index (κ1) is 80.4. The van der Waals surface area contributed by atoms with Crippen molar-refractivity contribution in [2.24, 2.45) is 0 Å². The van der Waals surface area contributed by atoms with E-state index >= 15 is 0 Å². The van der Waals surface area contributed by atoms with Crippen LogP contribution in [0.4, 0.5) is 0 Å². The van der Waals surface area contributed by atoms with Gasteiger partial charge in [0.1, 0.15) is 24.4 Å². The molecule has 1 aliphatic heterocycles. The molecule has 1 fully saturated rings. The Hall–Kier alpha value is -2.64. The number of aliphatic hydroxyl groups excluding tert-OH is 5. The van der Waals surface area contributed by atoms with Crippen molar-refractivity contribution in [1.82, 2.24) is 5.32 Å². The number of hydrogen-bond donors (Lipinski definition) is 6. The Morgan fingerprint density at radius 3 is 1.29 bits per heavy atom. The third-order valence-corrected chi connectivity index (χ3v) is 16.9. The summed E-state index contributed by atoms with van der Waals surface area (Å²) in [7, 11) is 0. The van der Waals surface area contributed by atoms with E-state index in [0.717, 1.165) is 70.6 Å². The van der Waals surface area contributed by atoms with E-state index in [9.17, 15) is 35.1 Å². The molecule has 7 unspecified atom stereocenters. The van der Waals surface area contributed by atoms with Crippen molar-refractivity contribution in [3.8, 4) is 0 Å². The smallest absolute Gasteiger partial charge is 0.305 e. The minimum Gasteiger partial charge on any atom is -0.466 e. The first-order valence-electron chi connectivity index (χ1n) is 36.0. The molecule has 0 spiro atoms. The van der Waals surface area contributed by atoms with Gasteiger partial charge in [-0.3, -0.25) is 9.59 Å². The van der Waals surface area contributed by atoms with Crippen molar-refractivity contribution in [3.63, 3.8) is 0 Å². The molecular weight excluding hydrogens is 1060 g/mol. The molecule has 0 saturated carbocycles. The van der Waals surface area contributed by atoms with Gasteiger partial charge in [0, 0.05) is 12.8 Å². The topological polar surface area (TPSA) is 175 Å². The highest BCUT2D eigenvalue weighted by atomic mass is 16.7. The van der Waals surface area contributed by atoms with E-state index < -0.39 is 49.5 Å². The summed E-state index contributed by atoms with van der Waals surface area (Å²) < 4.78 is 16.7. The minimum atomic E-state index is -1.58. The van der Waals surface area contributed by atoms with Gasteiger partial charge in [-0.1, -0.05) is 299 Å². The van der Waals surface area contributed by atoms with Crippen LogP contribution in [-0.4, -0.2) is 100 Å². The lowest BCUT2D eigenvalue weighted by atomic mass is 9.99. The molecule has 496 valence electrons. The van der Waals surface area contributed by atoms with Crippen LogP contribution in [0.5, 0.6) is 0 Å². The Kier molecular flexibility index (Phi) is 59.5. The van der Waals surface area contributed by atoms with E-state index in [1.54, 1.807) is 6.08 Å². The molecule has 1 amide bonds. The molecule has 6 N–H and O–H groups in total. The molecule has 0 bridgehead atoms.